The summed E-state index contributed by atoms with van der Waals surface area (Å²) in [6.07, 6.45) is 4.44. The van der Waals surface area contributed by atoms with Crippen LogP contribution in [0.1, 0.15) is 39.0 Å². The molecular weight excluding hydrogens is 276 g/mol. The molecule has 0 bridgehead atoms. The monoisotopic (exact) mass is 302 g/mol. The van der Waals surface area contributed by atoms with Crippen LogP contribution in [0.4, 0.5) is 0 Å². The van der Waals surface area contributed by atoms with Crippen molar-refractivity contribution in [3.05, 3.63) is 0 Å². The fourth-order valence-electron chi connectivity index (χ4n) is 3.59. The lowest BCUT2D eigenvalue weighted by molar-refractivity contribution is -0.138. The molecule has 1 saturated heterocycles. The van der Waals surface area contributed by atoms with Crippen LogP contribution in [0.15, 0.2) is 0 Å². The molecule has 0 radical (unpaired) electrons. The Morgan fingerprint density at radius 2 is 2.05 bits per heavy atom. The Morgan fingerprint density at radius 1 is 1.30 bits per heavy atom. The topological polar surface area (TPSA) is 80.5 Å². The van der Waals surface area contributed by atoms with Gasteiger partial charge in [0.15, 0.2) is 9.84 Å². The minimum absolute atomic E-state index is 0.00912. The minimum Gasteiger partial charge on any atom is -0.338 e. The van der Waals surface area contributed by atoms with Gasteiger partial charge in [-0.25, -0.2) is 8.42 Å². The predicted octanol–water partition coefficient (Wildman–Crippen LogP) is 0.787. The molecule has 1 aliphatic heterocycles. The Balaban J connectivity index is 2.10. The van der Waals surface area contributed by atoms with Gasteiger partial charge in [0.25, 0.3) is 0 Å². The molecule has 2 rings (SSSR count). The molecule has 1 aliphatic carbocycles. The molecule has 20 heavy (non-hydrogen) atoms. The molecule has 0 spiro atoms. The first-order chi connectivity index (χ1) is 9.48. The summed E-state index contributed by atoms with van der Waals surface area (Å²) in [6.45, 7) is 3.24. The number of nitrogens with two attached hydrogens (primary N) is 1. The number of rotatable bonds is 5. The fourth-order valence-corrected chi connectivity index (χ4v) is 5.32. The van der Waals surface area contributed by atoms with Gasteiger partial charge in [0.2, 0.25) is 5.91 Å². The molecule has 2 aliphatic rings. The summed E-state index contributed by atoms with van der Waals surface area (Å²) in [6, 6.07) is -0.119. The third-order valence-electron chi connectivity index (χ3n) is 4.68. The van der Waals surface area contributed by atoms with E-state index in [2.05, 4.69) is 0 Å². The highest BCUT2D eigenvalue weighted by Gasteiger charge is 2.40. The second-order valence-electron chi connectivity index (χ2n) is 6.12. The zero-order chi connectivity index (χ0) is 14.8. The van der Waals surface area contributed by atoms with E-state index >= 15 is 0 Å². The average Bonchev–Trinajstić information content (AvgIpc) is 3.01. The van der Waals surface area contributed by atoms with Gasteiger partial charge in [-0.1, -0.05) is 13.3 Å². The molecule has 0 aromatic carbocycles. The molecule has 5 nitrogen and oxygen atoms in total. The molecular formula is C14H26N2O3S. The number of carbonyl (C=O) groups excluding carboxylic acids is 1. The van der Waals surface area contributed by atoms with Crippen molar-refractivity contribution in [2.24, 2.45) is 17.6 Å². The minimum atomic E-state index is -2.95. The van der Waals surface area contributed by atoms with Gasteiger partial charge < -0.3 is 10.6 Å². The molecule has 1 unspecified atom stereocenters. The Hall–Kier alpha value is -0.620. The largest absolute Gasteiger partial charge is 0.338 e. The zero-order valence-electron chi connectivity index (χ0n) is 12.3. The fraction of sp³-hybridized carbons (Fsp3) is 0.929. The van der Waals surface area contributed by atoms with Crippen LogP contribution >= 0.6 is 0 Å². The van der Waals surface area contributed by atoms with Gasteiger partial charge in [-0.05, 0) is 38.1 Å². The van der Waals surface area contributed by atoms with Crippen LogP contribution in [0.3, 0.4) is 0 Å². The molecule has 2 fully saturated rings. The summed E-state index contributed by atoms with van der Waals surface area (Å²) in [7, 11) is -2.95. The van der Waals surface area contributed by atoms with E-state index in [1.807, 2.05) is 11.8 Å². The maximum atomic E-state index is 12.8. The van der Waals surface area contributed by atoms with Crippen molar-refractivity contribution in [2.45, 2.75) is 45.1 Å². The third-order valence-corrected chi connectivity index (χ3v) is 6.43. The number of hydrogen-bond donors (Lipinski definition) is 1. The lowest BCUT2D eigenvalue weighted by Crippen LogP contribution is -2.46. The summed E-state index contributed by atoms with van der Waals surface area (Å²) in [5, 5.41) is 0. The van der Waals surface area contributed by atoms with Crippen molar-refractivity contribution >= 4 is 15.7 Å². The average molecular weight is 302 g/mol. The lowest BCUT2D eigenvalue weighted by atomic mass is 9.94. The molecule has 3 atom stereocenters. The van der Waals surface area contributed by atoms with Gasteiger partial charge in [-0.2, -0.15) is 0 Å². The third kappa shape index (κ3) is 3.34. The first kappa shape index (κ1) is 15.8. The molecule has 0 aromatic heterocycles. The zero-order valence-corrected chi connectivity index (χ0v) is 13.1. The normalized spacial score (nSPS) is 32.4. The Kier molecular flexibility index (Phi) is 5.07. The SMILES string of the molecule is CCCN(C(=O)[C@@H]1CCC[C@@H]1CN)C1CCS(=O)(=O)C1. The molecule has 6 heteroatoms. The summed E-state index contributed by atoms with van der Waals surface area (Å²) >= 11 is 0. The van der Waals surface area contributed by atoms with E-state index in [0.717, 1.165) is 25.7 Å². The quantitative estimate of drug-likeness (QED) is 0.814. The number of nitrogens with zero attached hydrogens (tertiary/aromatic N) is 1. The molecule has 0 aromatic rings. The van der Waals surface area contributed by atoms with Gasteiger partial charge in [0.05, 0.1) is 11.5 Å². The van der Waals surface area contributed by atoms with E-state index in [1.165, 1.54) is 0 Å². The summed E-state index contributed by atoms with van der Waals surface area (Å²) < 4.78 is 23.3. The predicted molar refractivity (Wildman–Crippen MR) is 78.9 cm³/mol. The van der Waals surface area contributed by atoms with Crippen molar-refractivity contribution in [3.8, 4) is 0 Å². The van der Waals surface area contributed by atoms with Crippen LogP contribution in [0.2, 0.25) is 0 Å². The smallest absolute Gasteiger partial charge is 0.226 e. The van der Waals surface area contributed by atoms with E-state index in [-0.39, 0.29) is 35.3 Å². The van der Waals surface area contributed by atoms with Crippen molar-refractivity contribution in [2.75, 3.05) is 24.6 Å². The van der Waals surface area contributed by atoms with E-state index in [9.17, 15) is 13.2 Å². The maximum Gasteiger partial charge on any atom is 0.226 e. The van der Waals surface area contributed by atoms with Crippen LogP contribution in [0, 0.1) is 11.8 Å². The second-order valence-corrected chi connectivity index (χ2v) is 8.35. The van der Waals surface area contributed by atoms with E-state index in [1.54, 1.807) is 0 Å². The molecule has 2 N–H and O–H groups in total. The highest BCUT2D eigenvalue weighted by Crippen LogP contribution is 2.33. The van der Waals surface area contributed by atoms with Crippen molar-refractivity contribution in [3.63, 3.8) is 0 Å². The van der Waals surface area contributed by atoms with E-state index < -0.39 is 9.84 Å². The molecule has 116 valence electrons. The second kappa shape index (κ2) is 6.43. The Morgan fingerprint density at radius 3 is 2.60 bits per heavy atom. The van der Waals surface area contributed by atoms with Crippen LogP contribution in [0.25, 0.3) is 0 Å². The highest BCUT2D eigenvalue weighted by molar-refractivity contribution is 7.91. The number of amides is 1. The van der Waals surface area contributed by atoms with Crippen LogP contribution in [0.5, 0.6) is 0 Å². The molecule has 1 saturated carbocycles. The Bertz CT molecular complexity index is 449. The van der Waals surface area contributed by atoms with Gasteiger partial charge >= 0.3 is 0 Å². The van der Waals surface area contributed by atoms with E-state index in [4.69, 9.17) is 5.73 Å². The van der Waals surface area contributed by atoms with E-state index in [0.29, 0.717) is 19.5 Å². The first-order valence-electron chi connectivity index (χ1n) is 7.69. The van der Waals surface area contributed by atoms with Crippen LogP contribution in [-0.4, -0.2) is 49.9 Å². The van der Waals surface area contributed by atoms with Crippen LogP contribution in [-0.2, 0) is 14.6 Å². The van der Waals surface area contributed by atoms with Crippen LogP contribution < -0.4 is 5.73 Å². The van der Waals surface area contributed by atoms with Gasteiger partial charge in [-0.15, -0.1) is 0 Å². The maximum absolute atomic E-state index is 12.8. The van der Waals surface area contributed by atoms with Gasteiger partial charge in [0.1, 0.15) is 0 Å². The standard InChI is InChI=1S/C14H26N2O3S/c1-2-7-16(12-6-8-20(18,19)10-12)14(17)13-5-3-4-11(13)9-15/h11-13H,2-10,15H2,1H3/t11-,12?,13-/m1/s1. The van der Waals surface area contributed by atoms with Gasteiger partial charge in [0, 0.05) is 18.5 Å². The highest BCUT2D eigenvalue weighted by atomic mass is 32.2. The number of hydrogen-bond acceptors (Lipinski definition) is 4. The number of carbonyl (C=O) groups is 1. The summed E-state index contributed by atoms with van der Waals surface area (Å²) in [4.78, 5) is 14.6. The number of sulfone groups is 1. The summed E-state index contributed by atoms with van der Waals surface area (Å²) in [5.74, 6) is 0.783. The van der Waals surface area contributed by atoms with Crippen molar-refractivity contribution < 1.29 is 13.2 Å². The van der Waals surface area contributed by atoms with Gasteiger partial charge in [-0.3, -0.25) is 4.79 Å². The lowest BCUT2D eigenvalue weighted by Gasteiger charge is -2.32. The molecule has 1 amide bonds. The first-order valence-corrected chi connectivity index (χ1v) is 9.51. The molecule has 1 heterocycles. The summed E-state index contributed by atoms with van der Waals surface area (Å²) in [5.41, 5.74) is 5.77. The Labute approximate surface area is 121 Å². The van der Waals surface area contributed by atoms with Crippen molar-refractivity contribution in [1.29, 1.82) is 0 Å². The van der Waals surface area contributed by atoms with Crippen molar-refractivity contribution in [1.82, 2.24) is 4.90 Å².